The van der Waals surface area contributed by atoms with Crippen molar-refractivity contribution < 1.29 is 0 Å². The summed E-state index contributed by atoms with van der Waals surface area (Å²) >= 11 is 0. The Bertz CT molecular complexity index is 758. The molecule has 25 heavy (non-hydrogen) atoms. The molecular weight excluding hydrogens is 300 g/mol. The van der Waals surface area contributed by atoms with Crippen molar-refractivity contribution in [1.82, 2.24) is 0 Å². The molecule has 0 radical (unpaired) electrons. The van der Waals surface area contributed by atoms with Crippen molar-refractivity contribution in [2.24, 2.45) is 0 Å². The average Bonchev–Trinajstić information content (AvgIpc) is 2.53. The van der Waals surface area contributed by atoms with E-state index in [-0.39, 0.29) is 0 Å². The fraction of sp³-hybridized carbons (Fsp3) is 0.440. The first kappa shape index (κ1) is 19.3. The van der Waals surface area contributed by atoms with E-state index in [4.69, 9.17) is 0 Å². The van der Waals surface area contributed by atoms with Gasteiger partial charge in [0, 0.05) is 11.1 Å². The fourth-order valence-electron chi connectivity index (χ4n) is 3.24. The van der Waals surface area contributed by atoms with Gasteiger partial charge in [0.05, 0.1) is 0 Å². The molecule has 0 atom stereocenters. The van der Waals surface area contributed by atoms with E-state index in [1.165, 1.54) is 38.9 Å². The average molecular weight is 333 g/mol. The van der Waals surface area contributed by atoms with Crippen LogP contribution in [0.25, 0.3) is 0 Å². The number of hydrogen-bond donors (Lipinski definition) is 0. The Morgan fingerprint density at radius 2 is 1.08 bits per heavy atom. The molecule has 2 rings (SSSR count). The van der Waals surface area contributed by atoms with Crippen LogP contribution in [-0.4, -0.2) is 0 Å². The lowest BCUT2D eigenvalue weighted by Crippen LogP contribution is -2.04. The van der Waals surface area contributed by atoms with Crippen molar-refractivity contribution in [2.45, 2.75) is 73.1 Å². The third-order valence-electron chi connectivity index (χ3n) is 4.93. The fourth-order valence-corrected chi connectivity index (χ4v) is 3.24. The van der Waals surface area contributed by atoms with Crippen molar-refractivity contribution in [3.05, 3.63) is 69.3 Å². The Kier molecular flexibility index (Phi) is 6.12. The molecule has 0 nitrogen and oxygen atoms in total. The van der Waals surface area contributed by atoms with Gasteiger partial charge in [0.25, 0.3) is 0 Å². The third-order valence-corrected chi connectivity index (χ3v) is 4.93. The summed E-state index contributed by atoms with van der Waals surface area (Å²) in [6.07, 6.45) is 0. The molecule has 0 heteroatoms. The second-order valence-electron chi connectivity index (χ2n) is 8.06. The van der Waals surface area contributed by atoms with Gasteiger partial charge >= 0.3 is 0 Å². The van der Waals surface area contributed by atoms with E-state index >= 15 is 0 Å². The predicted octanol–water partition coefficient (Wildman–Crippen LogP) is 7.07. The monoisotopic (exact) mass is 332 g/mol. The van der Waals surface area contributed by atoms with Crippen LogP contribution in [0.5, 0.6) is 0 Å². The van der Waals surface area contributed by atoms with E-state index in [9.17, 15) is 0 Å². The first-order valence-electron chi connectivity index (χ1n) is 9.48. The Morgan fingerprint density at radius 1 is 0.640 bits per heavy atom. The molecular formula is C25H32. The van der Waals surface area contributed by atoms with Crippen LogP contribution < -0.4 is 0 Å². The maximum atomic E-state index is 3.56. The molecule has 0 aliphatic rings. The van der Waals surface area contributed by atoms with Crippen molar-refractivity contribution in [3.63, 3.8) is 0 Å². The molecule has 0 aliphatic carbocycles. The molecule has 0 bridgehead atoms. The van der Waals surface area contributed by atoms with E-state index in [1.807, 2.05) is 0 Å². The second-order valence-corrected chi connectivity index (χ2v) is 8.06. The van der Waals surface area contributed by atoms with Gasteiger partial charge in [-0.1, -0.05) is 83.7 Å². The van der Waals surface area contributed by atoms with E-state index in [1.54, 1.807) is 0 Å². The molecule has 132 valence electrons. The Labute approximate surface area is 154 Å². The van der Waals surface area contributed by atoms with Gasteiger partial charge in [0.1, 0.15) is 0 Å². The lowest BCUT2D eigenvalue weighted by Gasteiger charge is -2.20. The number of rotatable bonds is 3. The minimum Gasteiger partial charge on any atom is -0.0617 e. The summed E-state index contributed by atoms with van der Waals surface area (Å²) < 4.78 is 0. The summed E-state index contributed by atoms with van der Waals surface area (Å²) in [6.45, 7) is 17.9. The summed E-state index contributed by atoms with van der Waals surface area (Å²) in [5.74, 6) is 8.52. The zero-order chi connectivity index (χ0) is 18.7. The van der Waals surface area contributed by atoms with Crippen LogP contribution in [0, 0.1) is 25.7 Å². The van der Waals surface area contributed by atoms with Crippen molar-refractivity contribution in [2.75, 3.05) is 0 Å². The number of aryl methyl sites for hydroxylation is 2. The van der Waals surface area contributed by atoms with E-state index in [0.29, 0.717) is 17.8 Å². The predicted molar refractivity (Wildman–Crippen MR) is 111 cm³/mol. The van der Waals surface area contributed by atoms with Crippen LogP contribution in [0.1, 0.15) is 98.2 Å². The SMILES string of the molecule is Cc1cccc(C)c1C#Cc1c(C(C)C)cc(C(C)C)cc1C(C)C. The Morgan fingerprint density at radius 3 is 1.48 bits per heavy atom. The highest BCUT2D eigenvalue weighted by Crippen LogP contribution is 2.31. The Balaban J connectivity index is 2.70. The van der Waals surface area contributed by atoms with E-state index < -0.39 is 0 Å². The summed E-state index contributed by atoms with van der Waals surface area (Å²) in [5.41, 5.74) is 9.09. The summed E-state index contributed by atoms with van der Waals surface area (Å²) in [6, 6.07) is 11.1. The molecule has 2 aromatic carbocycles. The van der Waals surface area contributed by atoms with Gasteiger partial charge < -0.3 is 0 Å². The molecule has 0 saturated carbocycles. The highest BCUT2D eigenvalue weighted by Gasteiger charge is 2.16. The third kappa shape index (κ3) is 4.35. The van der Waals surface area contributed by atoms with Crippen LogP contribution in [0.15, 0.2) is 30.3 Å². The van der Waals surface area contributed by atoms with Crippen LogP contribution in [0.3, 0.4) is 0 Å². The maximum absolute atomic E-state index is 3.56. The molecule has 0 aliphatic heterocycles. The molecule has 0 fully saturated rings. The second kappa shape index (κ2) is 7.92. The number of hydrogen-bond acceptors (Lipinski definition) is 0. The molecule has 0 aromatic heterocycles. The van der Waals surface area contributed by atoms with E-state index in [2.05, 4.69) is 97.6 Å². The zero-order valence-corrected chi connectivity index (χ0v) is 17.1. The molecule has 0 saturated heterocycles. The van der Waals surface area contributed by atoms with Crippen LogP contribution >= 0.6 is 0 Å². The minimum absolute atomic E-state index is 0.471. The van der Waals surface area contributed by atoms with Crippen molar-refractivity contribution >= 4 is 0 Å². The standard InChI is InChI=1S/C25H32/c1-16(2)21-14-24(17(3)4)23(25(15-21)18(5)6)13-12-22-19(7)10-9-11-20(22)8/h9-11,14-18H,1-8H3. The van der Waals surface area contributed by atoms with Gasteiger partial charge in [-0.2, -0.15) is 0 Å². The van der Waals surface area contributed by atoms with Crippen molar-refractivity contribution in [3.8, 4) is 11.8 Å². The van der Waals surface area contributed by atoms with Crippen LogP contribution in [0.4, 0.5) is 0 Å². The molecule has 0 N–H and O–H groups in total. The number of benzene rings is 2. The lowest BCUT2D eigenvalue weighted by atomic mass is 9.84. The zero-order valence-electron chi connectivity index (χ0n) is 17.1. The lowest BCUT2D eigenvalue weighted by molar-refractivity contribution is 0.800. The first-order chi connectivity index (χ1) is 11.7. The minimum atomic E-state index is 0.471. The summed E-state index contributed by atoms with van der Waals surface area (Å²) in [7, 11) is 0. The van der Waals surface area contributed by atoms with Gasteiger partial charge in [-0.3, -0.25) is 0 Å². The molecule has 0 heterocycles. The van der Waals surface area contributed by atoms with Gasteiger partial charge in [-0.25, -0.2) is 0 Å². The van der Waals surface area contributed by atoms with Gasteiger partial charge in [-0.15, -0.1) is 0 Å². The largest absolute Gasteiger partial charge is 0.0617 e. The molecule has 0 unspecified atom stereocenters. The molecule has 0 amide bonds. The topological polar surface area (TPSA) is 0 Å². The summed E-state index contributed by atoms with van der Waals surface area (Å²) in [5, 5.41) is 0. The smallest absolute Gasteiger partial charge is 0.0318 e. The van der Waals surface area contributed by atoms with Crippen LogP contribution in [0.2, 0.25) is 0 Å². The maximum Gasteiger partial charge on any atom is 0.0318 e. The normalized spacial score (nSPS) is 11.2. The van der Waals surface area contributed by atoms with Crippen molar-refractivity contribution in [1.29, 1.82) is 0 Å². The highest BCUT2D eigenvalue weighted by molar-refractivity contribution is 5.56. The quantitative estimate of drug-likeness (QED) is 0.527. The molecule has 2 aromatic rings. The Hall–Kier alpha value is -2.00. The van der Waals surface area contributed by atoms with Gasteiger partial charge in [-0.05, 0) is 59.4 Å². The van der Waals surface area contributed by atoms with Gasteiger partial charge in [0.2, 0.25) is 0 Å². The first-order valence-corrected chi connectivity index (χ1v) is 9.48. The van der Waals surface area contributed by atoms with Crippen LogP contribution in [-0.2, 0) is 0 Å². The highest BCUT2D eigenvalue weighted by atomic mass is 14.2. The molecule has 0 spiro atoms. The summed E-state index contributed by atoms with van der Waals surface area (Å²) in [4.78, 5) is 0. The van der Waals surface area contributed by atoms with E-state index in [0.717, 1.165) is 0 Å². The van der Waals surface area contributed by atoms with Gasteiger partial charge in [0.15, 0.2) is 0 Å².